The summed E-state index contributed by atoms with van der Waals surface area (Å²) in [6.45, 7) is 8.51. The summed E-state index contributed by atoms with van der Waals surface area (Å²) in [5, 5.41) is 117. The molecule has 3 saturated heterocycles. The zero-order valence-electron chi connectivity index (χ0n) is 33.1. The van der Waals surface area contributed by atoms with Gasteiger partial charge in [0.2, 0.25) is 0 Å². The molecule has 0 aromatic heterocycles. The smallest absolute Gasteiger partial charge is 0.186 e. The summed E-state index contributed by atoms with van der Waals surface area (Å²) in [7, 11) is 0. The molecule has 16 nitrogen and oxygen atoms in total. The molecule has 0 aromatic rings. The van der Waals surface area contributed by atoms with Gasteiger partial charge < -0.3 is 79.9 Å². The summed E-state index contributed by atoms with van der Waals surface area (Å²) >= 11 is 0. The number of aliphatic hydroxyl groups excluding tert-OH is 9. The molecular formula is C40H66O16. The van der Waals surface area contributed by atoms with Crippen LogP contribution < -0.4 is 0 Å². The third-order valence-electron chi connectivity index (χ3n) is 16.2. The average molecular weight is 803 g/mol. The van der Waals surface area contributed by atoms with Crippen LogP contribution in [0.4, 0.5) is 0 Å². The fraction of sp³-hybridized carbons (Fsp3) is 0.950. The van der Waals surface area contributed by atoms with Crippen molar-refractivity contribution in [2.45, 2.75) is 183 Å². The quantitative estimate of drug-likeness (QED) is 0.129. The van der Waals surface area contributed by atoms with Gasteiger partial charge in [0.25, 0.3) is 0 Å². The van der Waals surface area contributed by atoms with E-state index in [-0.39, 0.29) is 30.1 Å². The Morgan fingerprint density at radius 2 is 1.43 bits per heavy atom. The van der Waals surface area contributed by atoms with Crippen molar-refractivity contribution in [2.24, 2.45) is 40.4 Å². The fourth-order valence-corrected chi connectivity index (χ4v) is 12.2. The topological polar surface area (TPSA) is 269 Å². The molecule has 23 atom stereocenters. The van der Waals surface area contributed by atoms with Crippen molar-refractivity contribution in [3.63, 3.8) is 0 Å². The predicted molar refractivity (Wildman–Crippen MR) is 194 cm³/mol. The van der Waals surface area contributed by atoms with Gasteiger partial charge in [-0.05, 0) is 87.4 Å². The molecule has 0 bridgehead atoms. The van der Waals surface area contributed by atoms with Crippen molar-refractivity contribution in [1.82, 2.24) is 0 Å². The van der Waals surface area contributed by atoms with Gasteiger partial charge in [-0.3, -0.25) is 0 Å². The molecule has 0 spiro atoms. The van der Waals surface area contributed by atoms with Gasteiger partial charge in [-0.25, -0.2) is 0 Å². The molecule has 7 aliphatic rings. The molecule has 6 fully saturated rings. The van der Waals surface area contributed by atoms with E-state index in [1.54, 1.807) is 6.92 Å². The lowest BCUT2D eigenvalue weighted by Crippen LogP contribution is -2.65. The van der Waals surface area contributed by atoms with Crippen molar-refractivity contribution in [3.8, 4) is 0 Å². The van der Waals surface area contributed by atoms with Crippen LogP contribution in [-0.2, 0) is 23.7 Å². The van der Waals surface area contributed by atoms with Crippen LogP contribution in [0.3, 0.4) is 0 Å². The van der Waals surface area contributed by atoms with E-state index in [4.69, 9.17) is 23.7 Å². The van der Waals surface area contributed by atoms with Crippen molar-refractivity contribution < 1.29 is 79.9 Å². The maximum atomic E-state index is 12.0. The summed E-state index contributed by atoms with van der Waals surface area (Å²) in [6, 6.07) is 0. The van der Waals surface area contributed by atoms with E-state index in [0.717, 1.165) is 37.7 Å². The largest absolute Gasteiger partial charge is 0.394 e. The third-order valence-corrected chi connectivity index (χ3v) is 16.2. The Hall–Kier alpha value is -0.900. The second-order valence-electron chi connectivity index (χ2n) is 19.1. The minimum absolute atomic E-state index is 0.00337. The third kappa shape index (κ3) is 6.94. The Morgan fingerprint density at radius 1 is 0.786 bits per heavy atom. The first-order valence-electron chi connectivity index (χ1n) is 20.6. The first kappa shape index (κ1) is 43.2. The first-order valence-corrected chi connectivity index (χ1v) is 20.6. The standard InChI is InChI=1S/C40H66O16/c1-17(24-14-38(3,50)40(5,51)36(49)56-24)21-8-9-22-20-7-6-18-12-19(13-27(42)39(18,4)23(20)10-11-37(21,22)2)53-35-33(48)31(46)29(44)26(55-35)16-52-34-32(47)30(45)28(43)25(15-41)54-34/h6,17,19-36,41-51H,7-16H2,1-5H3/t17-,19+,20-,21+,22-,23-,24+,25+,26+,27-,28+,29+,30-,31-,32+,33+,34+,35+,36-,37+,38+,39-,40+/m0/s1. The molecule has 0 unspecified atom stereocenters. The molecule has 16 heteroatoms. The van der Waals surface area contributed by atoms with Crippen LogP contribution in [0.25, 0.3) is 0 Å². The van der Waals surface area contributed by atoms with Gasteiger partial charge in [0, 0.05) is 18.3 Å². The maximum absolute atomic E-state index is 12.0. The van der Waals surface area contributed by atoms with E-state index in [9.17, 15) is 56.2 Å². The lowest BCUT2D eigenvalue weighted by molar-refractivity contribution is -0.337. The van der Waals surface area contributed by atoms with Gasteiger partial charge in [0.05, 0.1) is 37.1 Å². The van der Waals surface area contributed by atoms with Crippen molar-refractivity contribution in [2.75, 3.05) is 13.2 Å². The van der Waals surface area contributed by atoms with Gasteiger partial charge in [-0.2, -0.15) is 0 Å². The highest BCUT2D eigenvalue weighted by Gasteiger charge is 2.63. The molecule has 56 heavy (non-hydrogen) atoms. The lowest BCUT2D eigenvalue weighted by atomic mass is 9.46. The van der Waals surface area contributed by atoms with E-state index in [1.807, 2.05) is 0 Å². The normalized spacial score (nSPS) is 56.8. The monoisotopic (exact) mass is 802 g/mol. The minimum Gasteiger partial charge on any atom is -0.394 e. The number of fused-ring (bicyclic) bond motifs is 5. The highest BCUT2D eigenvalue weighted by Crippen LogP contribution is 2.68. The number of aliphatic hydroxyl groups is 11. The minimum atomic E-state index is -1.78. The van der Waals surface area contributed by atoms with Gasteiger partial charge >= 0.3 is 0 Å². The summed E-state index contributed by atoms with van der Waals surface area (Å²) in [5.41, 5.74) is -2.70. The number of hydrogen-bond acceptors (Lipinski definition) is 16. The van der Waals surface area contributed by atoms with Crippen LogP contribution in [0.1, 0.15) is 86.0 Å². The second kappa shape index (κ2) is 15.5. The maximum Gasteiger partial charge on any atom is 0.186 e. The molecule has 0 radical (unpaired) electrons. The Labute approximate surface area is 328 Å². The molecule has 11 N–H and O–H groups in total. The molecule has 3 heterocycles. The SMILES string of the molecule is C[C@@H]([C@H]1CC[C@H]2[C@@H]3CC=C4C[C@@H](O[C@@H]5O[C@H](CO[C@@H]6O[C@H](CO)[C@@H](O)[C@H](O)[C@H]6O)[C@@H](O)[C@H](O)[C@H]5O)C[C@H](O)[C@]4(C)[C@H]3CC[C@]12C)[C@H]1C[C@@](C)(O)[C@](C)(O)[C@@H](O)O1. The molecular weight excluding hydrogens is 736 g/mol. The molecule has 0 amide bonds. The van der Waals surface area contributed by atoms with Gasteiger partial charge in [0.1, 0.15) is 54.4 Å². The molecule has 4 aliphatic carbocycles. The van der Waals surface area contributed by atoms with Crippen LogP contribution in [0.15, 0.2) is 11.6 Å². The van der Waals surface area contributed by atoms with Crippen molar-refractivity contribution in [3.05, 3.63) is 11.6 Å². The van der Waals surface area contributed by atoms with Gasteiger partial charge in [-0.15, -0.1) is 0 Å². The average Bonchev–Trinajstić information content (AvgIpc) is 3.50. The lowest BCUT2D eigenvalue weighted by Gasteiger charge is -2.60. The van der Waals surface area contributed by atoms with Crippen LogP contribution in [0, 0.1) is 40.4 Å². The van der Waals surface area contributed by atoms with Crippen LogP contribution in [-0.4, -0.2) is 167 Å². The number of rotatable bonds is 8. The number of hydrogen-bond donors (Lipinski definition) is 11. The van der Waals surface area contributed by atoms with E-state index >= 15 is 0 Å². The summed E-state index contributed by atoms with van der Waals surface area (Å²) in [5.74, 6) is 1.31. The van der Waals surface area contributed by atoms with E-state index in [0.29, 0.717) is 24.2 Å². The van der Waals surface area contributed by atoms with Crippen LogP contribution >= 0.6 is 0 Å². The van der Waals surface area contributed by atoms with Gasteiger partial charge in [-0.1, -0.05) is 32.4 Å². The van der Waals surface area contributed by atoms with E-state index in [2.05, 4.69) is 26.8 Å². The molecule has 3 saturated carbocycles. The highest BCUT2D eigenvalue weighted by molar-refractivity contribution is 5.28. The van der Waals surface area contributed by atoms with Crippen molar-refractivity contribution >= 4 is 0 Å². The zero-order chi connectivity index (χ0) is 40.9. The first-order chi connectivity index (χ1) is 26.2. The predicted octanol–water partition coefficient (Wildman–Crippen LogP) is -1.21. The molecule has 322 valence electrons. The Bertz CT molecular complexity index is 1430. The molecule has 0 aromatic carbocycles. The highest BCUT2D eigenvalue weighted by atomic mass is 16.7. The van der Waals surface area contributed by atoms with Gasteiger partial charge in [0.15, 0.2) is 18.9 Å². The summed E-state index contributed by atoms with van der Waals surface area (Å²) in [6.07, 6.45) is -10.5. The number of ether oxygens (including phenoxy) is 5. The summed E-state index contributed by atoms with van der Waals surface area (Å²) < 4.78 is 29.1. The Morgan fingerprint density at radius 3 is 2.09 bits per heavy atom. The van der Waals surface area contributed by atoms with Crippen LogP contribution in [0.2, 0.25) is 0 Å². The molecule has 3 aliphatic heterocycles. The Kier molecular flexibility index (Phi) is 12.0. The van der Waals surface area contributed by atoms with E-state index in [1.165, 1.54) is 6.92 Å². The van der Waals surface area contributed by atoms with Crippen molar-refractivity contribution in [1.29, 1.82) is 0 Å². The summed E-state index contributed by atoms with van der Waals surface area (Å²) in [4.78, 5) is 0. The zero-order valence-corrected chi connectivity index (χ0v) is 33.1. The van der Waals surface area contributed by atoms with Crippen LogP contribution in [0.5, 0.6) is 0 Å². The second-order valence-corrected chi connectivity index (χ2v) is 19.1. The molecule has 7 rings (SSSR count). The number of allylic oxidation sites excluding steroid dienone is 1. The Balaban J connectivity index is 1.00. The fourth-order valence-electron chi connectivity index (χ4n) is 12.2. The van der Waals surface area contributed by atoms with E-state index < -0.39 is 116 Å².